The minimum atomic E-state index is -1.07. The van der Waals surface area contributed by atoms with Crippen molar-refractivity contribution in [3.8, 4) is 0 Å². The Morgan fingerprint density at radius 3 is 2.61 bits per heavy atom. The van der Waals surface area contributed by atoms with Crippen molar-refractivity contribution in [1.29, 1.82) is 0 Å². The standard InChI is InChI=1S/C27H47NO3/c1-5-6-7-8-15-28-24-17-23-21-10-9-19-16-20(30)11-13-25(19,3)22(21)12-14-26(23,4)27(24,31)18(2)29/h9,18,20-24,28-31H,5-8,10-17H2,1-4H3/t18-,20+,21+,22+,23-,24+,25+,26+,27-/m1/s1. The van der Waals surface area contributed by atoms with Crippen LogP contribution in [0, 0.1) is 28.6 Å². The molecule has 0 aliphatic heterocycles. The molecule has 0 heterocycles. The molecule has 0 aromatic carbocycles. The third kappa shape index (κ3) is 3.64. The number of rotatable bonds is 7. The Morgan fingerprint density at radius 1 is 1.13 bits per heavy atom. The van der Waals surface area contributed by atoms with Crippen LogP contribution in [0.25, 0.3) is 0 Å². The van der Waals surface area contributed by atoms with Gasteiger partial charge in [-0.15, -0.1) is 0 Å². The van der Waals surface area contributed by atoms with Crippen molar-refractivity contribution >= 4 is 0 Å². The van der Waals surface area contributed by atoms with Crippen molar-refractivity contribution < 1.29 is 15.3 Å². The van der Waals surface area contributed by atoms with Crippen LogP contribution in [0.15, 0.2) is 11.6 Å². The summed E-state index contributed by atoms with van der Waals surface area (Å²) in [4.78, 5) is 0. The Kier molecular flexibility index (Phi) is 6.69. The minimum absolute atomic E-state index is 0.0331. The fourth-order valence-corrected chi connectivity index (χ4v) is 8.56. The fourth-order valence-electron chi connectivity index (χ4n) is 8.56. The molecule has 178 valence electrons. The third-order valence-electron chi connectivity index (χ3n) is 10.5. The summed E-state index contributed by atoms with van der Waals surface area (Å²) in [5.41, 5.74) is 0.379. The molecule has 0 bridgehead atoms. The first kappa shape index (κ1) is 23.7. The van der Waals surface area contributed by atoms with Crippen molar-refractivity contribution in [3.63, 3.8) is 0 Å². The van der Waals surface area contributed by atoms with Crippen LogP contribution in [-0.4, -0.2) is 45.7 Å². The molecule has 4 aliphatic carbocycles. The molecule has 0 unspecified atom stereocenters. The zero-order valence-electron chi connectivity index (χ0n) is 20.4. The Balaban J connectivity index is 1.57. The second kappa shape index (κ2) is 8.74. The highest BCUT2D eigenvalue weighted by molar-refractivity contribution is 5.27. The van der Waals surface area contributed by atoms with E-state index in [1.54, 1.807) is 6.92 Å². The molecule has 0 aromatic rings. The van der Waals surface area contributed by atoms with Gasteiger partial charge < -0.3 is 20.6 Å². The molecular formula is C27H47NO3. The molecule has 0 spiro atoms. The van der Waals surface area contributed by atoms with Gasteiger partial charge in [0.2, 0.25) is 0 Å². The molecule has 4 rings (SSSR count). The van der Waals surface area contributed by atoms with Gasteiger partial charge in [0.25, 0.3) is 0 Å². The molecule has 0 saturated heterocycles. The highest BCUT2D eigenvalue weighted by Crippen LogP contribution is 2.67. The smallest absolute Gasteiger partial charge is 0.111 e. The minimum Gasteiger partial charge on any atom is -0.393 e. The van der Waals surface area contributed by atoms with Gasteiger partial charge in [-0.05, 0) is 88.0 Å². The van der Waals surface area contributed by atoms with Gasteiger partial charge in [0.15, 0.2) is 0 Å². The van der Waals surface area contributed by atoms with Gasteiger partial charge in [-0.25, -0.2) is 0 Å². The average Bonchev–Trinajstić information content (AvgIpc) is 2.97. The van der Waals surface area contributed by atoms with E-state index in [1.807, 2.05) is 0 Å². The summed E-state index contributed by atoms with van der Waals surface area (Å²) in [6.45, 7) is 9.68. The van der Waals surface area contributed by atoms with Crippen molar-refractivity contribution in [2.24, 2.45) is 28.6 Å². The summed E-state index contributed by atoms with van der Waals surface area (Å²) < 4.78 is 0. The lowest BCUT2D eigenvalue weighted by atomic mass is 9.46. The lowest BCUT2D eigenvalue weighted by Gasteiger charge is -2.59. The first-order valence-corrected chi connectivity index (χ1v) is 13.2. The molecule has 4 heteroatoms. The van der Waals surface area contributed by atoms with Crippen molar-refractivity contribution in [2.75, 3.05) is 6.54 Å². The first-order valence-electron chi connectivity index (χ1n) is 13.2. The van der Waals surface area contributed by atoms with Gasteiger partial charge in [-0.3, -0.25) is 0 Å². The van der Waals surface area contributed by atoms with E-state index in [-0.39, 0.29) is 23.0 Å². The van der Waals surface area contributed by atoms with Crippen LogP contribution in [0.4, 0.5) is 0 Å². The van der Waals surface area contributed by atoms with E-state index >= 15 is 0 Å². The monoisotopic (exact) mass is 433 g/mol. The molecule has 4 nitrogen and oxygen atoms in total. The van der Waals surface area contributed by atoms with Crippen LogP contribution in [-0.2, 0) is 0 Å². The Morgan fingerprint density at radius 2 is 1.90 bits per heavy atom. The zero-order valence-corrected chi connectivity index (χ0v) is 20.4. The normalized spacial score (nSPS) is 47.8. The second-order valence-corrected chi connectivity index (χ2v) is 11.9. The van der Waals surface area contributed by atoms with Crippen molar-refractivity contribution in [1.82, 2.24) is 5.32 Å². The van der Waals surface area contributed by atoms with Gasteiger partial charge in [-0.1, -0.05) is 51.7 Å². The van der Waals surface area contributed by atoms with E-state index in [9.17, 15) is 15.3 Å². The zero-order chi connectivity index (χ0) is 22.4. The third-order valence-corrected chi connectivity index (χ3v) is 10.5. The average molecular weight is 434 g/mol. The second-order valence-electron chi connectivity index (χ2n) is 11.9. The molecule has 31 heavy (non-hydrogen) atoms. The lowest BCUT2D eigenvalue weighted by Crippen LogP contribution is -2.63. The van der Waals surface area contributed by atoms with E-state index < -0.39 is 11.7 Å². The molecule has 9 atom stereocenters. The number of allylic oxidation sites excluding steroid dienone is 1. The number of unbranched alkanes of at least 4 members (excludes halogenated alkanes) is 3. The van der Waals surface area contributed by atoms with Crippen LogP contribution >= 0.6 is 0 Å². The fraction of sp³-hybridized carbons (Fsp3) is 0.926. The maximum Gasteiger partial charge on any atom is 0.111 e. The van der Waals surface area contributed by atoms with Crippen LogP contribution in [0.3, 0.4) is 0 Å². The SMILES string of the molecule is CCCCCCN[C@H]1C[C@@H]2[C@H]3CC=C4C[C@@H](O)CC[C@]4(C)[C@H]3CC[C@]2(C)[C@@]1(O)[C@@H](C)O. The largest absolute Gasteiger partial charge is 0.393 e. The van der Waals surface area contributed by atoms with Gasteiger partial charge in [0.05, 0.1) is 12.2 Å². The van der Waals surface area contributed by atoms with E-state index in [4.69, 9.17) is 0 Å². The molecule has 0 aromatic heterocycles. The number of fused-ring (bicyclic) bond motifs is 5. The molecule has 3 saturated carbocycles. The highest BCUT2D eigenvalue weighted by Gasteiger charge is 2.68. The molecule has 0 radical (unpaired) electrons. The lowest BCUT2D eigenvalue weighted by molar-refractivity contribution is -0.178. The number of nitrogens with one attached hydrogen (secondary N) is 1. The van der Waals surface area contributed by atoms with E-state index in [1.165, 1.54) is 24.8 Å². The molecular weight excluding hydrogens is 386 g/mol. The predicted octanol–water partition coefficient (Wildman–Crippen LogP) is 4.57. The maximum absolute atomic E-state index is 12.0. The summed E-state index contributed by atoms with van der Waals surface area (Å²) in [7, 11) is 0. The molecule has 0 amide bonds. The summed E-state index contributed by atoms with van der Waals surface area (Å²) in [5, 5.41) is 36.8. The van der Waals surface area contributed by atoms with Crippen LogP contribution < -0.4 is 5.32 Å². The number of hydrogen-bond acceptors (Lipinski definition) is 4. The molecule has 3 fully saturated rings. The van der Waals surface area contributed by atoms with Crippen molar-refractivity contribution in [3.05, 3.63) is 11.6 Å². The summed E-state index contributed by atoms with van der Waals surface area (Å²) in [5.74, 6) is 1.64. The first-order chi connectivity index (χ1) is 14.7. The van der Waals surface area contributed by atoms with Crippen LogP contribution in [0.5, 0.6) is 0 Å². The summed E-state index contributed by atoms with van der Waals surface area (Å²) in [6, 6.07) is -0.0331. The van der Waals surface area contributed by atoms with E-state index in [0.717, 1.165) is 57.9 Å². The van der Waals surface area contributed by atoms with Gasteiger partial charge >= 0.3 is 0 Å². The number of hydrogen-bond donors (Lipinski definition) is 4. The van der Waals surface area contributed by atoms with Gasteiger partial charge in [0.1, 0.15) is 5.60 Å². The van der Waals surface area contributed by atoms with Crippen LogP contribution in [0.1, 0.15) is 98.3 Å². The Hall–Kier alpha value is -0.420. The van der Waals surface area contributed by atoms with Crippen molar-refractivity contribution in [2.45, 2.75) is 122 Å². The molecule has 4 N–H and O–H groups in total. The Bertz CT molecular complexity index is 677. The topological polar surface area (TPSA) is 72.7 Å². The van der Waals surface area contributed by atoms with E-state index in [2.05, 4.69) is 32.2 Å². The summed E-state index contributed by atoms with van der Waals surface area (Å²) >= 11 is 0. The van der Waals surface area contributed by atoms with Crippen LogP contribution in [0.2, 0.25) is 0 Å². The van der Waals surface area contributed by atoms with Gasteiger partial charge in [-0.2, -0.15) is 0 Å². The number of aliphatic hydroxyl groups is 3. The summed E-state index contributed by atoms with van der Waals surface area (Å²) in [6.07, 6.45) is 13.4. The Labute approximate surface area is 189 Å². The molecule has 4 aliphatic rings. The van der Waals surface area contributed by atoms with E-state index in [0.29, 0.717) is 17.8 Å². The van der Waals surface area contributed by atoms with Gasteiger partial charge in [0, 0.05) is 11.5 Å². The predicted molar refractivity (Wildman–Crippen MR) is 126 cm³/mol. The number of aliphatic hydroxyl groups excluding tert-OH is 2. The maximum atomic E-state index is 12.0. The quantitative estimate of drug-likeness (QED) is 0.351. The highest BCUT2D eigenvalue weighted by atomic mass is 16.3.